The summed E-state index contributed by atoms with van der Waals surface area (Å²) in [5, 5.41) is 8.62. The fraction of sp³-hybridized carbons (Fsp3) is 0.800. The van der Waals surface area contributed by atoms with Crippen LogP contribution < -0.4 is 0 Å². The monoisotopic (exact) mass is 217 g/mol. The van der Waals surface area contributed by atoms with Crippen LogP contribution in [0.25, 0.3) is 0 Å². The standard InChI is InChI=1S/C10H19NO4/c1-4-11(8(3)6-10(13)14)9(12)7-15-5-2/h8H,4-7H2,1-3H3,(H,13,14). The Bertz CT molecular complexity index is 217. The molecule has 1 N–H and O–H groups in total. The number of carboxylic acids is 1. The zero-order chi connectivity index (χ0) is 11.8. The Labute approximate surface area is 90.0 Å². The van der Waals surface area contributed by atoms with Gasteiger partial charge < -0.3 is 14.7 Å². The summed E-state index contributed by atoms with van der Waals surface area (Å²) in [5.41, 5.74) is 0. The summed E-state index contributed by atoms with van der Waals surface area (Å²) in [4.78, 5) is 23.6. The van der Waals surface area contributed by atoms with Crippen molar-refractivity contribution in [3.05, 3.63) is 0 Å². The van der Waals surface area contributed by atoms with Gasteiger partial charge in [-0.05, 0) is 20.8 Å². The van der Waals surface area contributed by atoms with E-state index in [0.717, 1.165) is 0 Å². The maximum absolute atomic E-state index is 11.6. The molecule has 0 aliphatic heterocycles. The Morgan fingerprint density at radius 2 is 2.00 bits per heavy atom. The van der Waals surface area contributed by atoms with E-state index in [1.54, 1.807) is 6.92 Å². The van der Waals surface area contributed by atoms with Crippen LogP contribution in [0.2, 0.25) is 0 Å². The van der Waals surface area contributed by atoms with Gasteiger partial charge in [-0.2, -0.15) is 0 Å². The van der Waals surface area contributed by atoms with Gasteiger partial charge in [0.25, 0.3) is 0 Å². The van der Waals surface area contributed by atoms with Crippen LogP contribution in [0.1, 0.15) is 27.2 Å². The number of carbonyl (C=O) groups is 2. The lowest BCUT2D eigenvalue weighted by molar-refractivity contribution is -0.142. The van der Waals surface area contributed by atoms with Crippen molar-refractivity contribution < 1.29 is 19.4 Å². The van der Waals surface area contributed by atoms with E-state index in [1.165, 1.54) is 4.90 Å². The second kappa shape index (κ2) is 7.23. The minimum atomic E-state index is -0.898. The topological polar surface area (TPSA) is 66.8 Å². The highest BCUT2D eigenvalue weighted by molar-refractivity contribution is 5.78. The first kappa shape index (κ1) is 13.9. The SMILES string of the molecule is CCOCC(=O)N(CC)C(C)CC(=O)O. The number of ether oxygens (including phenoxy) is 1. The van der Waals surface area contributed by atoms with Crippen LogP contribution in [-0.4, -0.2) is 47.7 Å². The van der Waals surface area contributed by atoms with E-state index in [1.807, 2.05) is 13.8 Å². The van der Waals surface area contributed by atoms with E-state index >= 15 is 0 Å². The molecule has 5 heteroatoms. The maximum atomic E-state index is 11.6. The smallest absolute Gasteiger partial charge is 0.305 e. The molecule has 0 aromatic rings. The van der Waals surface area contributed by atoms with Crippen molar-refractivity contribution in [3.8, 4) is 0 Å². The summed E-state index contributed by atoms with van der Waals surface area (Å²) in [6.45, 7) is 6.36. The Balaban J connectivity index is 4.20. The van der Waals surface area contributed by atoms with E-state index in [-0.39, 0.29) is 25.0 Å². The molecule has 0 aromatic heterocycles. The molecule has 0 rings (SSSR count). The zero-order valence-corrected chi connectivity index (χ0v) is 9.52. The summed E-state index contributed by atoms with van der Waals surface area (Å²) in [6, 6.07) is -0.291. The summed E-state index contributed by atoms with van der Waals surface area (Å²) >= 11 is 0. The van der Waals surface area contributed by atoms with Gasteiger partial charge in [0.2, 0.25) is 5.91 Å². The van der Waals surface area contributed by atoms with Crippen LogP contribution in [0, 0.1) is 0 Å². The Morgan fingerprint density at radius 1 is 1.40 bits per heavy atom. The van der Waals surface area contributed by atoms with Crippen molar-refractivity contribution in [3.63, 3.8) is 0 Å². The van der Waals surface area contributed by atoms with Crippen molar-refractivity contribution in [2.45, 2.75) is 33.2 Å². The van der Waals surface area contributed by atoms with E-state index in [2.05, 4.69) is 0 Å². The molecule has 0 bridgehead atoms. The van der Waals surface area contributed by atoms with E-state index in [4.69, 9.17) is 9.84 Å². The number of nitrogens with zero attached hydrogens (tertiary/aromatic N) is 1. The quantitative estimate of drug-likeness (QED) is 0.682. The number of amides is 1. The number of rotatable bonds is 7. The van der Waals surface area contributed by atoms with E-state index in [9.17, 15) is 9.59 Å². The fourth-order valence-electron chi connectivity index (χ4n) is 1.37. The normalized spacial score (nSPS) is 12.2. The van der Waals surface area contributed by atoms with Crippen molar-refractivity contribution in [2.75, 3.05) is 19.8 Å². The minimum Gasteiger partial charge on any atom is -0.481 e. The zero-order valence-electron chi connectivity index (χ0n) is 9.52. The minimum absolute atomic E-state index is 0.0221. The first-order chi connectivity index (χ1) is 7.02. The highest BCUT2D eigenvalue weighted by Gasteiger charge is 2.20. The van der Waals surface area contributed by atoms with Crippen molar-refractivity contribution in [2.24, 2.45) is 0 Å². The van der Waals surface area contributed by atoms with Gasteiger partial charge in [0.05, 0.1) is 6.42 Å². The first-order valence-corrected chi connectivity index (χ1v) is 5.11. The Hall–Kier alpha value is -1.10. The number of carboxylic acid groups (broad SMARTS) is 1. The van der Waals surface area contributed by atoms with Gasteiger partial charge in [0.15, 0.2) is 0 Å². The Kier molecular flexibility index (Phi) is 6.70. The van der Waals surface area contributed by atoms with Gasteiger partial charge >= 0.3 is 5.97 Å². The van der Waals surface area contributed by atoms with Crippen molar-refractivity contribution in [1.82, 2.24) is 4.90 Å². The second-order valence-electron chi connectivity index (χ2n) is 3.26. The molecule has 0 aromatic carbocycles. The third-order valence-corrected chi connectivity index (χ3v) is 2.09. The Morgan fingerprint density at radius 3 is 2.40 bits per heavy atom. The van der Waals surface area contributed by atoms with Crippen LogP contribution in [-0.2, 0) is 14.3 Å². The number of likely N-dealkylation sites (N-methyl/N-ethyl adjacent to an activating group) is 1. The first-order valence-electron chi connectivity index (χ1n) is 5.11. The molecule has 0 saturated heterocycles. The number of carbonyl (C=O) groups excluding carboxylic acids is 1. The maximum Gasteiger partial charge on any atom is 0.305 e. The molecule has 0 fully saturated rings. The van der Waals surface area contributed by atoms with Crippen LogP contribution in [0.4, 0.5) is 0 Å². The number of aliphatic carboxylic acids is 1. The third kappa shape index (κ3) is 5.37. The van der Waals surface area contributed by atoms with Gasteiger partial charge in [-0.25, -0.2) is 0 Å². The van der Waals surface area contributed by atoms with E-state index in [0.29, 0.717) is 13.2 Å². The molecule has 88 valence electrons. The molecule has 0 radical (unpaired) electrons. The van der Waals surface area contributed by atoms with Crippen LogP contribution >= 0.6 is 0 Å². The van der Waals surface area contributed by atoms with Gasteiger partial charge in [0.1, 0.15) is 6.61 Å². The molecule has 1 atom stereocenters. The van der Waals surface area contributed by atoms with Crippen LogP contribution in [0.5, 0.6) is 0 Å². The third-order valence-electron chi connectivity index (χ3n) is 2.09. The fourth-order valence-corrected chi connectivity index (χ4v) is 1.37. The molecular formula is C10H19NO4. The summed E-state index contributed by atoms with van der Waals surface area (Å²) in [5.74, 6) is -1.06. The molecule has 1 amide bonds. The van der Waals surface area contributed by atoms with Crippen molar-refractivity contribution >= 4 is 11.9 Å². The largest absolute Gasteiger partial charge is 0.481 e. The van der Waals surface area contributed by atoms with Gasteiger partial charge in [-0.15, -0.1) is 0 Å². The molecule has 5 nitrogen and oxygen atoms in total. The predicted octanol–water partition coefficient (Wildman–Crippen LogP) is 0.735. The second-order valence-corrected chi connectivity index (χ2v) is 3.26. The lowest BCUT2D eigenvalue weighted by atomic mass is 10.2. The molecule has 0 aliphatic carbocycles. The molecule has 0 heterocycles. The highest BCUT2D eigenvalue weighted by atomic mass is 16.5. The highest BCUT2D eigenvalue weighted by Crippen LogP contribution is 2.04. The molecule has 15 heavy (non-hydrogen) atoms. The summed E-state index contributed by atoms with van der Waals surface area (Å²) in [6.07, 6.45) is -0.0360. The summed E-state index contributed by atoms with van der Waals surface area (Å²) < 4.78 is 4.99. The molecule has 0 spiro atoms. The molecule has 0 saturated carbocycles. The van der Waals surface area contributed by atoms with Crippen LogP contribution in [0.15, 0.2) is 0 Å². The molecule has 0 aliphatic rings. The lowest BCUT2D eigenvalue weighted by Gasteiger charge is -2.26. The lowest BCUT2D eigenvalue weighted by Crippen LogP contribution is -2.41. The average molecular weight is 217 g/mol. The summed E-state index contributed by atoms with van der Waals surface area (Å²) in [7, 11) is 0. The predicted molar refractivity (Wildman–Crippen MR) is 55.6 cm³/mol. The van der Waals surface area contributed by atoms with Crippen molar-refractivity contribution in [1.29, 1.82) is 0 Å². The molecule has 1 unspecified atom stereocenters. The number of hydrogen-bond acceptors (Lipinski definition) is 3. The van der Waals surface area contributed by atoms with Gasteiger partial charge in [0, 0.05) is 19.2 Å². The molecular weight excluding hydrogens is 198 g/mol. The number of hydrogen-bond donors (Lipinski definition) is 1. The van der Waals surface area contributed by atoms with E-state index < -0.39 is 5.97 Å². The van der Waals surface area contributed by atoms with Gasteiger partial charge in [-0.1, -0.05) is 0 Å². The van der Waals surface area contributed by atoms with Crippen LogP contribution in [0.3, 0.4) is 0 Å². The van der Waals surface area contributed by atoms with Gasteiger partial charge in [-0.3, -0.25) is 9.59 Å². The average Bonchev–Trinajstić information content (AvgIpc) is 2.14.